The molecule has 1 spiro atoms. The zero-order valence-corrected chi connectivity index (χ0v) is 15.6. The van der Waals surface area contributed by atoms with Crippen LogP contribution >= 0.6 is 11.8 Å². The summed E-state index contributed by atoms with van der Waals surface area (Å²) in [5.41, 5.74) is 1.65. The van der Waals surface area contributed by atoms with Crippen molar-refractivity contribution in [3.8, 4) is 5.75 Å². The molecule has 0 unspecified atom stereocenters. The van der Waals surface area contributed by atoms with Crippen molar-refractivity contribution in [2.45, 2.75) is 17.3 Å². The molecule has 2 aliphatic heterocycles. The summed E-state index contributed by atoms with van der Waals surface area (Å²) in [6.07, 6.45) is 6.42. The number of carbonyl (C=O) groups excluding carboxylic acids is 1. The van der Waals surface area contributed by atoms with E-state index in [-0.39, 0.29) is 16.8 Å². The van der Waals surface area contributed by atoms with Gasteiger partial charge < -0.3 is 9.64 Å². The molecule has 0 N–H and O–H groups in total. The molecule has 6 heteroatoms. The van der Waals surface area contributed by atoms with Crippen LogP contribution in [0.25, 0.3) is 10.9 Å². The lowest BCUT2D eigenvalue weighted by Gasteiger charge is -2.47. The second-order valence-electron chi connectivity index (χ2n) is 7.20. The minimum absolute atomic E-state index is 0.101. The van der Waals surface area contributed by atoms with Gasteiger partial charge in [-0.1, -0.05) is 6.07 Å². The highest BCUT2D eigenvalue weighted by molar-refractivity contribution is 8.01. The lowest BCUT2D eigenvalue weighted by atomic mass is 9.92. The lowest BCUT2D eigenvalue weighted by molar-refractivity contribution is 0.0518. The van der Waals surface area contributed by atoms with Crippen molar-refractivity contribution in [1.82, 2.24) is 14.9 Å². The number of ether oxygens (including phenoxy) is 1. The number of aromatic nitrogens is 2. The highest BCUT2D eigenvalue weighted by atomic mass is 32.2. The molecule has 5 rings (SSSR count). The topological polar surface area (TPSA) is 55.3 Å². The molecule has 0 saturated carbocycles. The van der Waals surface area contributed by atoms with Crippen molar-refractivity contribution in [1.29, 1.82) is 0 Å². The first-order chi connectivity index (χ1) is 13.2. The number of benzene rings is 1. The van der Waals surface area contributed by atoms with E-state index in [1.165, 1.54) is 0 Å². The molecule has 4 heterocycles. The van der Waals surface area contributed by atoms with E-state index in [0.717, 1.165) is 47.5 Å². The maximum atomic E-state index is 12.8. The number of rotatable bonds is 3. The van der Waals surface area contributed by atoms with E-state index in [1.54, 1.807) is 18.6 Å². The fourth-order valence-corrected chi connectivity index (χ4v) is 5.42. The summed E-state index contributed by atoms with van der Waals surface area (Å²) in [6.45, 7) is 1.57. The summed E-state index contributed by atoms with van der Waals surface area (Å²) in [6, 6.07) is 13.4. The van der Waals surface area contributed by atoms with Gasteiger partial charge in [-0.15, -0.1) is 11.8 Å². The number of carbonyl (C=O) groups is 1. The van der Waals surface area contributed by atoms with Gasteiger partial charge >= 0.3 is 0 Å². The number of thioether (sulfide) groups is 1. The zero-order valence-electron chi connectivity index (χ0n) is 14.7. The van der Waals surface area contributed by atoms with Gasteiger partial charge in [-0.25, -0.2) is 0 Å². The van der Waals surface area contributed by atoms with Crippen LogP contribution in [0.3, 0.4) is 0 Å². The summed E-state index contributed by atoms with van der Waals surface area (Å²) >= 11 is 1.93. The minimum atomic E-state index is 0.101. The van der Waals surface area contributed by atoms with Gasteiger partial charge in [0.2, 0.25) is 0 Å². The fourth-order valence-electron chi connectivity index (χ4n) is 3.89. The Labute approximate surface area is 161 Å². The van der Waals surface area contributed by atoms with Crippen LogP contribution in [0.15, 0.2) is 61.1 Å². The number of amides is 1. The van der Waals surface area contributed by atoms with E-state index in [9.17, 15) is 4.79 Å². The third kappa shape index (κ3) is 3.14. The molecule has 2 aliphatic rings. The first-order valence-electron chi connectivity index (χ1n) is 9.06. The fraction of sp³-hybridized carbons (Fsp3) is 0.286. The Morgan fingerprint density at radius 1 is 1.19 bits per heavy atom. The summed E-state index contributed by atoms with van der Waals surface area (Å²) in [7, 11) is 0. The molecule has 2 saturated heterocycles. The van der Waals surface area contributed by atoms with Crippen molar-refractivity contribution in [2.24, 2.45) is 0 Å². The summed E-state index contributed by atoms with van der Waals surface area (Å²) in [5.74, 6) is 1.87. The number of pyridine rings is 2. The summed E-state index contributed by atoms with van der Waals surface area (Å²) in [5, 5.41) is 0.999. The van der Waals surface area contributed by atoms with Crippen molar-refractivity contribution >= 4 is 28.6 Å². The molecule has 1 amide bonds. The molecule has 0 bridgehead atoms. The Balaban J connectivity index is 1.23. The van der Waals surface area contributed by atoms with Gasteiger partial charge in [0.1, 0.15) is 11.9 Å². The molecule has 5 nitrogen and oxygen atoms in total. The minimum Gasteiger partial charge on any atom is -0.488 e. The average Bonchev–Trinajstić information content (AvgIpc) is 3.11. The first kappa shape index (κ1) is 16.6. The van der Waals surface area contributed by atoms with Gasteiger partial charge in [0.25, 0.3) is 5.91 Å². The van der Waals surface area contributed by atoms with Crippen LogP contribution in [-0.2, 0) is 0 Å². The van der Waals surface area contributed by atoms with E-state index in [0.29, 0.717) is 0 Å². The predicted molar refractivity (Wildman–Crippen MR) is 106 cm³/mol. The molecule has 0 aliphatic carbocycles. The van der Waals surface area contributed by atoms with Crippen LogP contribution in [0.4, 0.5) is 0 Å². The van der Waals surface area contributed by atoms with Gasteiger partial charge in [-0.05, 0) is 36.4 Å². The van der Waals surface area contributed by atoms with E-state index < -0.39 is 0 Å². The van der Waals surface area contributed by atoms with Gasteiger partial charge in [0, 0.05) is 48.6 Å². The lowest BCUT2D eigenvalue weighted by Crippen LogP contribution is -2.60. The van der Waals surface area contributed by atoms with Crippen LogP contribution in [0.5, 0.6) is 5.75 Å². The number of nitrogens with zero attached hydrogens (tertiary/aromatic N) is 3. The SMILES string of the molecule is O=C(c1ccc2ncccc2c1)N1CC2(C[C@@H](Oc3cccnc3)CS2)C1. The Bertz CT molecular complexity index is 989. The Hall–Kier alpha value is -2.60. The maximum Gasteiger partial charge on any atom is 0.253 e. The molecular weight excluding hydrogens is 358 g/mol. The van der Waals surface area contributed by atoms with Gasteiger partial charge in [0.05, 0.1) is 16.5 Å². The van der Waals surface area contributed by atoms with Crippen molar-refractivity contribution in [2.75, 3.05) is 18.8 Å². The molecule has 0 radical (unpaired) electrons. The summed E-state index contributed by atoms with van der Waals surface area (Å²) in [4.78, 5) is 23.2. The Kier molecular flexibility index (Phi) is 4.01. The molecule has 136 valence electrons. The van der Waals surface area contributed by atoms with Crippen LogP contribution in [0.2, 0.25) is 0 Å². The average molecular weight is 377 g/mol. The Morgan fingerprint density at radius 2 is 2.07 bits per heavy atom. The first-order valence-corrected chi connectivity index (χ1v) is 10.0. The number of fused-ring (bicyclic) bond motifs is 1. The van der Waals surface area contributed by atoms with Gasteiger partial charge in [-0.3, -0.25) is 14.8 Å². The molecular formula is C21H19N3O2S. The normalized spacial score (nSPS) is 20.6. The van der Waals surface area contributed by atoms with Crippen molar-refractivity contribution in [3.63, 3.8) is 0 Å². The Morgan fingerprint density at radius 3 is 2.93 bits per heavy atom. The second kappa shape index (κ2) is 6.53. The molecule has 1 aromatic carbocycles. The highest BCUT2D eigenvalue weighted by Gasteiger charge is 2.51. The quantitative estimate of drug-likeness (QED) is 0.700. The maximum absolute atomic E-state index is 12.8. The monoisotopic (exact) mass is 377 g/mol. The largest absolute Gasteiger partial charge is 0.488 e. The smallest absolute Gasteiger partial charge is 0.253 e. The number of hydrogen-bond acceptors (Lipinski definition) is 5. The standard InChI is InChI=1S/C21H19N3O2S/c25-20(16-5-6-19-15(9-16)3-1-8-23-19)24-13-21(14-24)10-18(12-27-21)26-17-4-2-7-22-11-17/h1-9,11,18H,10,12-14H2/t18-/m1/s1. The van der Waals surface area contributed by atoms with E-state index >= 15 is 0 Å². The van der Waals surface area contributed by atoms with Crippen LogP contribution in [0, 0.1) is 0 Å². The van der Waals surface area contributed by atoms with Crippen LogP contribution in [0.1, 0.15) is 16.8 Å². The van der Waals surface area contributed by atoms with E-state index in [2.05, 4.69) is 9.97 Å². The van der Waals surface area contributed by atoms with Gasteiger partial charge in [0.15, 0.2) is 0 Å². The molecule has 3 aromatic rings. The summed E-state index contributed by atoms with van der Waals surface area (Å²) < 4.78 is 6.18. The van der Waals surface area contributed by atoms with Crippen LogP contribution < -0.4 is 4.74 Å². The van der Waals surface area contributed by atoms with E-state index in [4.69, 9.17) is 4.74 Å². The van der Waals surface area contributed by atoms with Crippen LogP contribution in [-0.4, -0.2) is 50.5 Å². The second-order valence-corrected chi connectivity index (χ2v) is 8.69. The highest BCUT2D eigenvalue weighted by Crippen LogP contribution is 2.46. The molecule has 1 atom stereocenters. The zero-order chi connectivity index (χ0) is 18.3. The number of hydrogen-bond donors (Lipinski definition) is 0. The molecule has 2 fully saturated rings. The van der Waals surface area contributed by atoms with Gasteiger partial charge in [-0.2, -0.15) is 0 Å². The molecule has 2 aromatic heterocycles. The van der Waals surface area contributed by atoms with E-state index in [1.807, 2.05) is 59.1 Å². The third-order valence-electron chi connectivity index (χ3n) is 5.21. The van der Waals surface area contributed by atoms with Crippen molar-refractivity contribution in [3.05, 3.63) is 66.6 Å². The molecule has 27 heavy (non-hydrogen) atoms. The predicted octanol–water partition coefficient (Wildman–Crippen LogP) is 3.41. The number of likely N-dealkylation sites (tertiary alicyclic amines) is 1. The third-order valence-corrected chi connectivity index (χ3v) is 6.78. The van der Waals surface area contributed by atoms with Crippen molar-refractivity contribution < 1.29 is 9.53 Å².